The van der Waals surface area contributed by atoms with Crippen molar-refractivity contribution in [3.05, 3.63) is 90.1 Å². The predicted molar refractivity (Wildman–Crippen MR) is 97.6 cm³/mol. The molecule has 2 aromatic heterocycles. The Morgan fingerprint density at radius 2 is 1.93 bits per heavy atom. The monoisotopic (exact) mass is 362 g/mol. The number of rotatable bonds is 5. The number of carbonyl (C=O) groups is 1. The molecule has 27 heavy (non-hydrogen) atoms. The zero-order valence-corrected chi connectivity index (χ0v) is 14.2. The molecule has 4 rings (SSSR count). The molecule has 4 aromatic rings. The molecule has 6 nitrogen and oxygen atoms in total. The summed E-state index contributed by atoms with van der Waals surface area (Å²) in [5.74, 6) is -0.664. The molecule has 2 aromatic carbocycles. The van der Waals surface area contributed by atoms with E-state index in [2.05, 4.69) is 15.6 Å². The third-order valence-electron chi connectivity index (χ3n) is 4.00. The van der Waals surface area contributed by atoms with Crippen LogP contribution in [0.1, 0.15) is 16.1 Å². The van der Waals surface area contributed by atoms with Gasteiger partial charge in [0.15, 0.2) is 11.5 Å². The maximum Gasteiger partial charge on any atom is 0.277 e. The Morgan fingerprint density at radius 1 is 1.11 bits per heavy atom. The number of halogens is 1. The molecular weight excluding hydrogens is 347 g/mol. The van der Waals surface area contributed by atoms with E-state index in [1.165, 1.54) is 12.1 Å². The second-order valence-corrected chi connectivity index (χ2v) is 5.91. The van der Waals surface area contributed by atoms with Crippen LogP contribution in [0.3, 0.4) is 0 Å². The molecule has 0 saturated carbocycles. The van der Waals surface area contributed by atoms with Gasteiger partial charge in [-0.3, -0.25) is 9.48 Å². The number of amides is 1. The number of carbonyl (C=O) groups excluding carboxylic acids is 1. The lowest BCUT2D eigenvalue weighted by molar-refractivity contribution is 0.101. The van der Waals surface area contributed by atoms with Gasteiger partial charge in [-0.1, -0.05) is 29.4 Å². The summed E-state index contributed by atoms with van der Waals surface area (Å²) in [5, 5.41) is 10.6. The van der Waals surface area contributed by atoms with Gasteiger partial charge in [0.25, 0.3) is 5.91 Å². The summed E-state index contributed by atoms with van der Waals surface area (Å²) in [6.45, 7) is 0.649. The number of nitrogens with zero attached hydrogens (tertiary/aromatic N) is 3. The molecule has 0 aliphatic carbocycles. The maximum absolute atomic E-state index is 13.8. The number of aromatic nitrogens is 3. The fourth-order valence-electron chi connectivity index (χ4n) is 2.64. The van der Waals surface area contributed by atoms with Crippen LogP contribution < -0.4 is 5.32 Å². The fraction of sp³-hybridized carbons (Fsp3) is 0.0500. The van der Waals surface area contributed by atoms with E-state index in [4.69, 9.17) is 4.52 Å². The lowest BCUT2D eigenvalue weighted by Crippen LogP contribution is -2.12. The smallest absolute Gasteiger partial charge is 0.277 e. The molecule has 0 bridgehead atoms. The number of nitrogens with one attached hydrogen (secondary N) is 1. The van der Waals surface area contributed by atoms with Crippen LogP contribution in [0.25, 0.3) is 11.3 Å². The van der Waals surface area contributed by atoms with Crippen LogP contribution in [0.4, 0.5) is 10.1 Å². The first-order valence-corrected chi connectivity index (χ1v) is 8.28. The van der Waals surface area contributed by atoms with Crippen molar-refractivity contribution in [3.8, 4) is 11.3 Å². The second-order valence-electron chi connectivity index (χ2n) is 5.91. The quantitative estimate of drug-likeness (QED) is 0.583. The van der Waals surface area contributed by atoms with E-state index in [0.29, 0.717) is 12.2 Å². The second kappa shape index (κ2) is 7.25. The molecule has 0 aliphatic heterocycles. The molecule has 0 aliphatic rings. The predicted octanol–water partition coefficient (Wildman–Crippen LogP) is 3.98. The first-order valence-electron chi connectivity index (χ1n) is 8.28. The summed E-state index contributed by atoms with van der Waals surface area (Å²) in [6.07, 6.45) is 3.61. The first kappa shape index (κ1) is 16.7. The van der Waals surface area contributed by atoms with Gasteiger partial charge in [-0.15, -0.1) is 0 Å². The Labute approximate surface area is 154 Å². The third kappa shape index (κ3) is 3.77. The summed E-state index contributed by atoms with van der Waals surface area (Å²) in [7, 11) is 0. The molecule has 0 saturated heterocycles. The normalized spacial score (nSPS) is 10.7. The minimum atomic E-state index is -0.437. The molecule has 0 fully saturated rings. The van der Waals surface area contributed by atoms with Gasteiger partial charge < -0.3 is 9.84 Å². The highest BCUT2D eigenvalue weighted by Gasteiger charge is 2.16. The van der Waals surface area contributed by atoms with Crippen molar-refractivity contribution in [2.24, 2.45) is 0 Å². The van der Waals surface area contributed by atoms with Gasteiger partial charge in [0.05, 0.1) is 12.1 Å². The molecule has 0 atom stereocenters. The highest BCUT2D eigenvalue weighted by molar-refractivity contribution is 6.03. The number of benzene rings is 2. The van der Waals surface area contributed by atoms with E-state index >= 15 is 0 Å². The van der Waals surface area contributed by atoms with Crippen molar-refractivity contribution in [3.63, 3.8) is 0 Å². The van der Waals surface area contributed by atoms with Crippen molar-refractivity contribution in [2.45, 2.75) is 6.54 Å². The van der Waals surface area contributed by atoms with Gasteiger partial charge in [-0.2, -0.15) is 5.10 Å². The summed E-state index contributed by atoms with van der Waals surface area (Å²) in [5.41, 5.74) is 2.01. The van der Waals surface area contributed by atoms with Crippen LogP contribution in [-0.4, -0.2) is 20.8 Å². The fourth-order valence-corrected chi connectivity index (χ4v) is 2.64. The molecule has 7 heteroatoms. The van der Waals surface area contributed by atoms with Crippen LogP contribution in [0, 0.1) is 5.82 Å². The van der Waals surface area contributed by atoms with Gasteiger partial charge in [0.2, 0.25) is 0 Å². The van der Waals surface area contributed by atoms with E-state index in [-0.39, 0.29) is 17.0 Å². The van der Waals surface area contributed by atoms with Crippen molar-refractivity contribution in [1.29, 1.82) is 0 Å². The maximum atomic E-state index is 13.8. The van der Waals surface area contributed by atoms with Crippen molar-refractivity contribution in [2.75, 3.05) is 5.32 Å². The summed E-state index contributed by atoms with van der Waals surface area (Å²) >= 11 is 0. The average molecular weight is 362 g/mol. The summed E-state index contributed by atoms with van der Waals surface area (Å²) in [4.78, 5) is 12.3. The van der Waals surface area contributed by atoms with E-state index in [1.54, 1.807) is 36.5 Å². The van der Waals surface area contributed by atoms with Gasteiger partial charge in [0.1, 0.15) is 5.82 Å². The Kier molecular flexibility index (Phi) is 4.49. The number of anilines is 1. The van der Waals surface area contributed by atoms with E-state index < -0.39 is 11.7 Å². The van der Waals surface area contributed by atoms with E-state index in [1.807, 2.05) is 29.1 Å². The summed E-state index contributed by atoms with van der Waals surface area (Å²) in [6, 6.07) is 16.9. The van der Waals surface area contributed by atoms with E-state index in [9.17, 15) is 9.18 Å². The van der Waals surface area contributed by atoms with Gasteiger partial charge in [-0.05, 0) is 35.9 Å². The largest absolute Gasteiger partial charge is 0.355 e. The highest BCUT2D eigenvalue weighted by Crippen LogP contribution is 2.23. The minimum Gasteiger partial charge on any atom is -0.355 e. The van der Waals surface area contributed by atoms with Crippen molar-refractivity contribution < 1.29 is 13.7 Å². The van der Waals surface area contributed by atoms with Crippen LogP contribution in [-0.2, 0) is 6.54 Å². The molecule has 0 spiro atoms. The molecule has 0 unspecified atom stereocenters. The number of hydrogen-bond acceptors (Lipinski definition) is 4. The van der Waals surface area contributed by atoms with Crippen LogP contribution in [0.5, 0.6) is 0 Å². The standard InChI is InChI=1S/C20H15FN4O2/c21-17-5-2-1-4-16(17)19-12-18(24-27-19)20(26)23-15-8-6-14(7-9-15)13-25-11-3-10-22-25/h1-12H,13H2,(H,23,26). The average Bonchev–Trinajstić information content (AvgIpc) is 3.36. The lowest BCUT2D eigenvalue weighted by Gasteiger charge is -2.05. The summed E-state index contributed by atoms with van der Waals surface area (Å²) < 4.78 is 20.7. The molecule has 1 amide bonds. The molecule has 2 heterocycles. The Hall–Kier alpha value is -3.74. The molecule has 1 N–H and O–H groups in total. The zero-order chi connectivity index (χ0) is 18.6. The molecule has 134 valence electrons. The third-order valence-corrected chi connectivity index (χ3v) is 4.00. The topological polar surface area (TPSA) is 73.0 Å². The van der Waals surface area contributed by atoms with Crippen LogP contribution in [0.2, 0.25) is 0 Å². The van der Waals surface area contributed by atoms with Crippen LogP contribution >= 0.6 is 0 Å². The van der Waals surface area contributed by atoms with Crippen molar-refractivity contribution >= 4 is 11.6 Å². The Bertz CT molecular complexity index is 1060. The van der Waals surface area contributed by atoms with Gasteiger partial charge in [-0.25, -0.2) is 4.39 Å². The van der Waals surface area contributed by atoms with Gasteiger partial charge in [0, 0.05) is 24.1 Å². The SMILES string of the molecule is O=C(Nc1ccc(Cn2cccn2)cc1)c1cc(-c2ccccc2F)on1. The van der Waals surface area contributed by atoms with Crippen LogP contribution in [0.15, 0.2) is 77.6 Å². The highest BCUT2D eigenvalue weighted by atomic mass is 19.1. The number of hydrogen-bond donors (Lipinski definition) is 1. The van der Waals surface area contributed by atoms with Crippen molar-refractivity contribution in [1.82, 2.24) is 14.9 Å². The van der Waals surface area contributed by atoms with Gasteiger partial charge >= 0.3 is 0 Å². The lowest BCUT2D eigenvalue weighted by atomic mass is 10.1. The first-order chi connectivity index (χ1) is 13.2. The molecular formula is C20H15FN4O2. The van der Waals surface area contributed by atoms with E-state index in [0.717, 1.165) is 5.56 Å². The Morgan fingerprint density at radius 3 is 2.67 bits per heavy atom. The zero-order valence-electron chi connectivity index (χ0n) is 14.2. The molecule has 0 radical (unpaired) electrons. The minimum absolute atomic E-state index is 0.0777. The Balaban J connectivity index is 1.44.